The van der Waals surface area contributed by atoms with Gasteiger partial charge in [0, 0.05) is 20.0 Å². The lowest BCUT2D eigenvalue weighted by Gasteiger charge is -2.10. The van der Waals surface area contributed by atoms with Crippen LogP contribution in [-0.4, -0.2) is 0 Å². The average Bonchev–Trinajstić information content (AvgIpc) is 2.33. The van der Waals surface area contributed by atoms with Crippen LogP contribution in [0.5, 0.6) is 0 Å². The minimum Gasteiger partial charge on any atom is -0.378 e. The van der Waals surface area contributed by atoms with Gasteiger partial charge in [0.2, 0.25) is 0 Å². The summed E-state index contributed by atoms with van der Waals surface area (Å²) in [5, 5.41) is 3.09. The number of halogens is 4. The summed E-state index contributed by atoms with van der Waals surface area (Å²) >= 11 is 10.2. The van der Waals surface area contributed by atoms with Crippen LogP contribution >= 0.6 is 47.8 Å². The number of nitrogens with one attached hydrogen (secondary N) is 1. The van der Waals surface area contributed by atoms with Crippen LogP contribution in [0.15, 0.2) is 49.8 Å². The molecule has 0 unspecified atom stereocenters. The van der Waals surface area contributed by atoms with Crippen molar-refractivity contribution in [3.63, 3.8) is 0 Å². The SMILES string of the molecule is Fc1cccc(Br)c1NCc1ccc(Br)c(Br)c1. The maximum absolute atomic E-state index is 13.6. The van der Waals surface area contributed by atoms with E-state index in [0.29, 0.717) is 12.2 Å². The lowest BCUT2D eigenvalue weighted by Crippen LogP contribution is -2.02. The van der Waals surface area contributed by atoms with Gasteiger partial charge in [0.25, 0.3) is 0 Å². The Bertz CT molecular complexity index is 552. The van der Waals surface area contributed by atoms with Crippen molar-refractivity contribution >= 4 is 53.5 Å². The summed E-state index contributed by atoms with van der Waals surface area (Å²) in [5.41, 5.74) is 1.55. The molecule has 18 heavy (non-hydrogen) atoms. The number of para-hydroxylation sites is 1. The van der Waals surface area contributed by atoms with Crippen LogP contribution in [0.25, 0.3) is 0 Å². The fraction of sp³-hybridized carbons (Fsp3) is 0.0769. The summed E-state index contributed by atoms with van der Waals surface area (Å²) in [6.45, 7) is 0.561. The monoisotopic (exact) mass is 435 g/mol. The normalized spacial score (nSPS) is 10.4. The number of anilines is 1. The highest BCUT2D eigenvalue weighted by atomic mass is 79.9. The summed E-state index contributed by atoms with van der Waals surface area (Å²) in [6, 6.07) is 10.8. The Balaban J connectivity index is 2.14. The Hall–Kier alpha value is -0.390. The van der Waals surface area contributed by atoms with Crippen molar-refractivity contribution in [2.45, 2.75) is 6.54 Å². The van der Waals surface area contributed by atoms with Crippen LogP contribution in [0.1, 0.15) is 5.56 Å². The highest BCUT2D eigenvalue weighted by Gasteiger charge is 2.06. The van der Waals surface area contributed by atoms with Gasteiger partial charge in [-0.15, -0.1) is 0 Å². The van der Waals surface area contributed by atoms with Crippen LogP contribution in [0.3, 0.4) is 0 Å². The first kappa shape index (κ1) is 14.0. The van der Waals surface area contributed by atoms with Crippen molar-refractivity contribution in [1.82, 2.24) is 0 Å². The Labute approximate surface area is 130 Å². The molecule has 0 saturated heterocycles. The van der Waals surface area contributed by atoms with Crippen LogP contribution in [0, 0.1) is 5.82 Å². The second-order valence-electron chi connectivity index (χ2n) is 3.70. The fourth-order valence-corrected chi connectivity index (χ4v) is 2.66. The summed E-state index contributed by atoms with van der Waals surface area (Å²) in [5.74, 6) is -0.263. The van der Waals surface area contributed by atoms with Crippen molar-refractivity contribution in [1.29, 1.82) is 0 Å². The van der Waals surface area contributed by atoms with Crippen molar-refractivity contribution in [2.24, 2.45) is 0 Å². The third-order valence-corrected chi connectivity index (χ3v) is 4.96. The van der Waals surface area contributed by atoms with E-state index >= 15 is 0 Å². The second kappa shape index (κ2) is 6.17. The van der Waals surface area contributed by atoms with Crippen molar-refractivity contribution in [3.05, 3.63) is 61.2 Å². The van der Waals surface area contributed by atoms with E-state index < -0.39 is 0 Å². The van der Waals surface area contributed by atoms with Crippen LogP contribution in [0.2, 0.25) is 0 Å². The van der Waals surface area contributed by atoms with E-state index in [-0.39, 0.29) is 5.82 Å². The molecular formula is C13H9Br3FN. The van der Waals surface area contributed by atoms with Gasteiger partial charge in [0.1, 0.15) is 5.82 Å². The van der Waals surface area contributed by atoms with Gasteiger partial charge in [-0.2, -0.15) is 0 Å². The molecule has 0 saturated carbocycles. The Morgan fingerprint density at radius 1 is 0.944 bits per heavy atom. The topological polar surface area (TPSA) is 12.0 Å². The van der Waals surface area contributed by atoms with E-state index in [0.717, 1.165) is 19.0 Å². The lowest BCUT2D eigenvalue weighted by molar-refractivity contribution is 0.629. The first-order valence-electron chi connectivity index (χ1n) is 5.20. The van der Waals surface area contributed by atoms with E-state index in [2.05, 4.69) is 53.1 Å². The summed E-state index contributed by atoms with van der Waals surface area (Å²) in [7, 11) is 0. The summed E-state index contributed by atoms with van der Waals surface area (Å²) < 4.78 is 16.3. The molecule has 0 heterocycles. The first-order valence-corrected chi connectivity index (χ1v) is 7.57. The zero-order valence-corrected chi connectivity index (χ0v) is 13.9. The number of rotatable bonds is 3. The first-order chi connectivity index (χ1) is 8.58. The zero-order valence-electron chi connectivity index (χ0n) is 9.18. The standard InChI is InChI=1S/C13H9Br3FN/c14-9-5-4-8(6-11(9)16)7-18-13-10(15)2-1-3-12(13)17/h1-6,18H,7H2. The maximum Gasteiger partial charge on any atom is 0.147 e. The predicted molar refractivity (Wildman–Crippen MR) is 83.3 cm³/mol. The minimum absolute atomic E-state index is 0.263. The third kappa shape index (κ3) is 3.33. The van der Waals surface area contributed by atoms with E-state index in [1.807, 2.05) is 24.3 Å². The molecule has 0 fully saturated rings. The molecule has 94 valence electrons. The third-order valence-electron chi connectivity index (χ3n) is 2.42. The molecule has 0 bridgehead atoms. The predicted octanol–water partition coefficient (Wildman–Crippen LogP) is 5.73. The highest BCUT2D eigenvalue weighted by Crippen LogP contribution is 2.27. The minimum atomic E-state index is -0.263. The smallest absolute Gasteiger partial charge is 0.147 e. The molecule has 0 aromatic heterocycles. The molecule has 0 spiro atoms. The Morgan fingerprint density at radius 2 is 1.72 bits per heavy atom. The molecule has 0 radical (unpaired) electrons. The molecule has 0 aliphatic carbocycles. The van der Waals surface area contributed by atoms with Gasteiger partial charge in [-0.3, -0.25) is 0 Å². The molecule has 2 aromatic carbocycles. The van der Waals surface area contributed by atoms with Gasteiger partial charge in [0.05, 0.1) is 5.69 Å². The largest absolute Gasteiger partial charge is 0.378 e. The second-order valence-corrected chi connectivity index (χ2v) is 6.26. The van der Waals surface area contributed by atoms with Crippen LogP contribution in [0.4, 0.5) is 10.1 Å². The van der Waals surface area contributed by atoms with Crippen molar-refractivity contribution < 1.29 is 4.39 Å². The maximum atomic E-state index is 13.6. The highest BCUT2D eigenvalue weighted by molar-refractivity contribution is 9.13. The van der Waals surface area contributed by atoms with Gasteiger partial charge in [-0.05, 0) is 77.6 Å². The summed E-state index contributed by atoms with van der Waals surface area (Å²) in [6.07, 6.45) is 0. The molecule has 0 atom stereocenters. The zero-order chi connectivity index (χ0) is 13.1. The molecule has 0 amide bonds. The quantitative estimate of drug-likeness (QED) is 0.647. The van der Waals surface area contributed by atoms with Crippen LogP contribution in [-0.2, 0) is 6.54 Å². The molecule has 1 nitrogen and oxygen atoms in total. The average molecular weight is 438 g/mol. The van der Waals surface area contributed by atoms with Crippen molar-refractivity contribution in [2.75, 3.05) is 5.32 Å². The molecule has 1 N–H and O–H groups in total. The number of benzene rings is 2. The molecule has 2 aromatic rings. The van der Waals surface area contributed by atoms with E-state index in [4.69, 9.17) is 0 Å². The Kier molecular flexibility index (Phi) is 4.81. The molecule has 0 aliphatic heterocycles. The number of hydrogen-bond donors (Lipinski definition) is 1. The summed E-state index contributed by atoms with van der Waals surface area (Å²) in [4.78, 5) is 0. The molecule has 0 aliphatic rings. The van der Waals surface area contributed by atoms with E-state index in [1.165, 1.54) is 6.07 Å². The Morgan fingerprint density at radius 3 is 2.39 bits per heavy atom. The van der Waals surface area contributed by atoms with E-state index in [1.54, 1.807) is 6.07 Å². The molecular weight excluding hydrogens is 429 g/mol. The van der Waals surface area contributed by atoms with Gasteiger partial charge in [-0.1, -0.05) is 12.1 Å². The van der Waals surface area contributed by atoms with Gasteiger partial charge in [-0.25, -0.2) is 4.39 Å². The number of hydrogen-bond acceptors (Lipinski definition) is 1. The fourth-order valence-electron chi connectivity index (χ4n) is 1.51. The van der Waals surface area contributed by atoms with Gasteiger partial charge < -0.3 is 5.32 Å². The van der Waals surface area contributed by atoms with Gasteiger partial charge >= 0.3 is 0 Å². The lowest BCUT2D eigenvalue weighted by atomic mass is 10.2. The van der Waals surface area contributed by atoms with Crippen molar-refractivity contribution in [3.8, 4) is 0 Å². The van der Waals surface area contributed by atoms with Gasteiger partial charge in [0.15, 0.2) is 0 Å². The van der Waals surface area contributed by atoms with E-state index in [9.17, 15) is 4.39 Å². The van der Waals surface area contributed by atoms with Crippen LogP contribution < -0.4 is 5.32 Å². The molecule has 2 rings (SSSR count). The molecule has 5 heteroatoms.